The summed E-state index contributed by atoms with van der Waals surface area (Å²) in [4.78, 5) is 18.4. The van der Waals surface area contributed by atoms with E-state index in [2.05, 4.69) is 15.4 Å². The van der Waals surface area contributed by atoms with Gasteiger partial charge in [0.2, 0.25) is 0 Å². The third kappa shape index (κ3) is 1.28. The predicted molar refractivity (Wildman–Crippen MR) is 46.1 cm³/mol. The summed E-state index contributed by atoms with van der Waals surface area (Å²) in [5.41, 5.74) is 3.07. The number of fused-ring (bicyclic) bond motifs is 1. The van der Waals surface area contributed by atoms with Crippen molar-refractivity contribution in [1.29, 1.82) is 0 Å². The molecule has 0 aromatic heterocycles. The number of nitrogens with one attached hydrogen (secondary N) is 1. The Labute approximate surface area is 73.6 Å². The highest BCUT2D eigenvalue weighted by Gasteiger charge is 2.22. The minimum atomic E-state index is -1.09. The zero-order valence-electron chi connectivity index (χ0n) is 6.51. The molecular formula is C7H6N4O2. The highest BCUT2D eigenvalue weighted by atomic mass is 16.4. The molecule has 2 aliphatic heterocycles. The van der Waals surface area contributed by atoms with Gasteiger partial charge in [0.05, 0.1) is 6.20 Å². The summed E-state index contributed by atoms with van der Waals surface area (Å²) in [6, 6.07) is 0. The summed E-state index contributed by atoms with van der Waals surface area (Å²) in [5, 5.41) is 9.53. The molecule has 0 saturated carbocycles. The normalized spacial score (nSPS) is 18.6. The lowest BCUT2D eigenvalue weighted by Gasteiger charge is -2.08. The first kappa shape index (κ1) is 7.53. The molecule has 0 aromatic carbocycles. The second-order valence-corrected chi connectivity index (χ2v) is 2.38. The molecule has 0 spiro atoms. The van der Waals surface area contributed by atoms with Gasteiger partial charge in [-0.3, -0.25) is 10.4 Å². The van der Waals surface area contributed by atoms with Gasteiger partial charge >= 0.3 is 6.09 Å². The molecule has 0 radical (unpaired) electrons. The van der Waals surface area contributed by atoms with E-state index in [0.717, 1.165) is 5.01 Å². The maximum Gasteiger partial charge on any atom is 0.430 e. The van der Waals surface area contributed by atoms with Gasteiger partial charge in [0.15, 0.2) is 5.84 Å². The zero-order valence-corrected chi connectivity index (χ0v) is 6.51. The maximum absolute atomic E-state index is 10.5. The highest BCUT2D eigenvalue weighted by molar-refractivity contribution is 6.03. The number of hydrogen-bond acceptors (Lipinski definition) is 4. The molecule has 0 fully saturated rings. The molecule has 6 nitrogen and oxygen atoms in total. The Morgan fingerprint density at radius 2 is 2.46 bits per heavy atom. The number of carboxylic acid groups (broad SMARTS) is 1. The van der Waals surface area contributed by atoms with Crippen molar-refractivity contribution in [1.82, 2.24) is 10.4 Å². The van der Waals surface area contributed by atoms with Gasteiger partial charge in [-0.25, -0.2) is 9.79 Å². The van der Waals surface area contributed by atoms with E-state index in [-0.39, 0.29) is 0 Å². The number of nitrogens with zero attached hydrogens (tertiary/aromatic N) is 3. The number of carbonyl (C=O) groups is 1. The van der Waals surface area contributed by atoms with Crippen LogP contribution in [0.2, 0.25) is 0 Å². The van der Waals surface area contributed by atoms with E-state index >= 15 is 0 Å². The van der Waals surface area contributed by atoms with Gasteiger partial charge in [0, 0.05) is 12.4 Å². The minimum absolute atomic E-state index is 0.437. The fraction of sp³-hybridized carbons (Fsp3) is 0. The van der Waals surface area contributed by atoms with Gasteiger partial charge in [0.1, 0.15) is 5.70 Å². The molecule has 13 heavy (non-hydrogen) atoms. The number of hydrogen-bond donors (Lipinski definition) is 2. The fourth-order valence-electron chi connectivity index (χ4n) is 0.959. The van der Waals surface area contributed by atoms with Crippen LogP contribution in [0.4, 0.5) is 4.79 Å². The van der Waals surface area contributed by atoms with E-state index in [4.69, 9.17) is 5.11 Å². The monoisotopic (exact) mass is 178 g/mol. The summed E-state index contributed by atoms with van der Waals surface area (Å²) >= 11 is 0. The fourth-order valence-corrected chi connectivity index (χ4v) is 0.959. The van der Waals surface area contributed by atoms with Gasteiger partial charge in [-0.05, 0) is 6.08 Å². The summed E-state index contributed by atoms with van der Waals surface area (Å²) in [5.74, 6) is 0.437. The molecule has 0 aliphatic carbocycles. The number of amidine groups is 1. The first-order valence-corrected chi connectivity index (χ1v) is 3.55. The topological polar surface area (TPSA) is 77.3 Å². The van der Waals surface area contributed by atoms with E-state index in [1.165, 1.54) is 12.4 Å². The average molecular weight is 178 g/mol. The molecule has 2 aliphatic rings. The predicted octanol–water partition coefficient (Wildman–Crippen LogP) is 0.323. The van der Waals surface area contributed by atoms with Gasteiger partial charge in [-0.15, -0.1) is 0 Å². The van der Waals surface area contributed by atoms with E-state index in [1.807, 2.05) is 0 Å². The molecule has 1 amide bonds. The van der Waals surface area contributed by atoms with Crippen LogP contribution in [0, 0.1) is 0 Å². The maximum atomic E-state index is 10.5. The van der Waals surface area contributed by atoms with Crippen LogP contribution in [0.25, 0.3) is 0 Å². The van der Waals surface area contributed by atoms with Gasteiger partial charge in [0.25, 0.3) is 0 Å². The Balaban J connectivity index is 2.31. The SMILES string of the molecule is O=C(O)N1C=C2N=CC=CN=C2N1. The quantitative estimate of drug-likeness (QED) is 0.560. The second-order valence-electron chi connectivity index (χ2n) is 2.38. The third-order valence-corrected chi connectivity index (χ3v) is 1.52. The van der Waals surface area contributed by atoms with Crippen LogP contribution >= 0.6 is 0 Å². The van der Waals surface area contributed by atoms with Crippen molar-refractivity contribution >= 4 is 18.1 Å². The Bertz CT molecular complexity index is 367. The minimum Gasteiger partial charge on any atom is -0.463 e. The van der Waals surface area contributed by atoms with Crippen molar-refractivity contribution in [2.75, 3.05) is 0 Å². The Morgan fingerprint density at radius 3 is 3.23 bits per heavy atom. The summed E-state index contributed by atoms with van der Waals surface area (Å²) < 4.78 is 0. The Hall–Kier alpha value is -2.11. The van der Waals surface area contributed by atoms with Gasteiger partial charge in [-0.1, -0.05) is 0 Å². The molecule has 0 aromatic rings. The van der Waals surface area contributed by atoms with Gasteiger partial charge < -0.3 is 5.11 Å². The molecule has 2 N–H and O–H groups in total. The lowest BCUT2D eigenvalue weighted by Crippen LogP contribution is -2.36. The van der Waals surface area contributed by atoms with Gasteiger partial charge in [-0.2, -0.15) is 5.01 Å². The first-order chi connectivity index (χ1) is 6.27. The lowest BCUT2D eigenvalue weighted by molar-refractivity contribution is 0.157. The van der Waals surface area contributed by atoms with Crippen LogP contribution in [0.5, 0.6) is 0 Å². The van der Waals surface area contributed by atoms with E-state index in [9.17, 15) is 4.79 Å². The number of hydrazine groups is 1. The third-order valence-electron chi connectivity index (χ3n) is 1.52. The number of allylic oxidation sites excluding steroid dienone is 1. The smallest absolute Gasteiger partial charge is 0.430 e. The molecular weight excluding hydrogens is 172 g/mol. The van der Waals surface area contributed by atoms with E-state index < -0.39 is 6.09 Å². The first-order valence-electron chi connectivity index (χ1n) is 3.55. The van der Waals surface area contributed by atoms with Crippen LogP contribution in [0.15, 0.2) is 34.2 Å². The number of rotatable bonds is 0. The molecule has 0 atom stereocenters. The van der Waals surface area contributed by atoms with Crippen LogP contribution < -0.4 is 5.43 Å². The lowest BCUT2D eigenvalue weighted by atomic mass is 10.5. The molecule has 66 valence electrons. The largest absolute Gasteiger partial charge is 0.463 e. The number of amides is 1. The van der Waals surface area contributed by atoms with Crippen molar-refractivity contribution < 1.29 is 9.90 Å². The molecule has 6 heteroatoms. The van der Waals surface area contributed by atoms with Crippen LogP contribution in [0.1, 0.15) is 0 Å². The van der Waals surface area contributed by atoms with Crippen molar-refractivity contribution in [3.05, 3.63) is 24.2 Å². The van der Waals surface area contributed by atoms with E-state index in [0.29, 0.717) is 11.5 Å². The molecule has 2 rings (SSSR count). The molecule has 0 bridgehead atoms. The van der Waals surface area contributed by atoms with Crippen LogP contribution in [0.3, 0.4) is 0 Å². The summed E-state index contributed by atoms with van der Waals surface area (Å²) in [6.07, 6.45) is 5.03. The zero-order chi connectivity index (χ0) is 9.26. The van der Waals surface area contributed by atoms with Crippen LogP contribution in [-0.4, -0.2) is 28.3 Å². The second kappa shape index (κ2) is 2.74. The van der Waals surface area contributed by atoms with Crippen molar-refractivity contribution in [3.63, 3.8) is 0 Å². The molecule has 0 saturated heterocycles. The highest BCUT2D eigenvalue weighted by Crippen LogP contribution is 2.10. The van der Waals surface area contributed by atoms with Crippen molar-refractivity contribution in [2.45, 2.75) is 0 Å². The number of aliphatic imine (C=N–C) groups is 2. The Kier molecular flexibility index (Phi) is 1.59. The summed E-state index contributed by atoms with van der Waals surface area (Å²) in [6.45, 7) is 0. The standard InChI is InChI=1S/C7H6N4O2/c12-7(13)11-4-5-6(10-11)9-3-1-2-8-5/h1-4H,(H,9,10)(H,12,13). The average Bonchev–Trinajstić information content (AvgIpc) is 2.38. The Morgan fingerprint density at radius 1 is 1.62 bits per heavy atom. The van der Waals surface area contributed by atoms with Crippen molar-refractivity contribution in [3.8, 4) is 0 Å². The van der Waals surface area contributed by atoms with Crippen molar-refractivity contribution in [2.24, 2.45) is 9.98 Å². The molecule has 0 unspecified atom stereocenters. The molecule has 2 heterocycles. The van der Waals surface area contributed by atoms with Crippen LogP contribution in [-0.2, 0) is 0 Å². The summed E-state index contributed by atoms with van der Waals surface area (Å²) in [7, 11) is 0. The van der Waals surface area contributed by atoms with E-state index in [1.54, 1.807) is 12.3 Å².